The Kier molecular flexibility index (Phi) is 2.92. The van der Waals surface area contributed by atoms with Crippen LogP contribution in [0.4, 0.5) is 4.79 Å². The van der Waals surface area contributed by atoms with Gasteiger partial charge in [0, 0.05) is 5.92 Å². The first-order chi connectivity index (χ1) is 9.47. The molecule has 0 radical (unpaired) electrons. The quantitative estimate of drug-likeness (QED) is 0.626. The van der Waals surface area contributed by atoms with Gasteiger partial charge in [0.05, 0.1) is 13.2 Å². The minimum absolute atomic E-state index is 0.0623. The molecule has 0 aromatic heterocycles. The first-order valence-electron chi connectivity index (χ1n) is 6.22. The maximum Gasteiger partial charge on any atom is 0.531 e. The van der Waals surface area contributed by atoms with Crippen molar-refractivity contribution in [3.05, 3.63) is 0 Å². The van der Waals surface area contributed by atoms with Crippen LogP contribution in [0, 0.1) is 11.8 Å². The van der Waals surface area contributed by atoms with Crippen molar-refractivity contribution in [3.8, 4) is 0 Å². The molecular weight excluding hydrogens is 274 g/mol. The number of aliphatic hydroxyl groups is 1. The van der Waals surface area contributed by atoms with Gasteiger partial charge in [-0.3, -0.25) is 14.4 Å². The first-order valence-corrected chi connectivity index (χ1v) is 6.22. The number of hydrogen-bond donors (Lipinski definition) is 2. The monoisotopic (exact) mass is 287 g/mol. The molecule has 3 heterocycles. The number of amides is 2. The zero-order chi connectivity index (χ0) is 14.5. The summed E-state index contributed by atoms with van der Waals surface area (Å²) in [6, 6.07) is 0. The van der Waals surface area contributed by atoms with Crippen molar-refractivity contribution in [3.63, 3.8) is 0 Å². The summed E-state index contributed by atoms with van der Waals surface area (Å²) in [5, 5.41) is 18.6. The number of carbonyl (C=O) groups excluding carboxylic acids is 2. The molecule has 20 heavy (non-hydrogen) atoms. The number of hydrogen-bond acceptors (Lipinski definition) is 7. The molecule has 2 atom stereocenters. The van der Waals surface area contributed by atoms with Gasteiger partial charge in [-0.25, -0.2) is 4.79 Å². The number of aliphatic hydroxyl groups excluding tert-OH is 1. The molecule has 0 bridgehead atoms. The maximum atomic E-state index is 12.2. The first kappa shape index (κ1) is 13.3. The summed E-state index contributed by atoms with van der Waals surface area (Å²) < 4.78 is 11.0. The Hall–Kier alpha value is -1.71. The topological polar surface area (TPSA) is 123 Å². The van der Waals surface area contributed by atoms with Crippen molar-refractivity contribution >= 4 is 18.0 Å². The minimum atomic E-state index is -1.81. The maximum absolute atomic E-state index is 12.2. The van der Waals surface area contributed by atoms with Crippen LogP contribution >= 0.6 is 0 Å². The van der Waals surface area contributed by atoms with Gasteiger partial charge in [-0.05, 0) is 12.8 Å². The van der Waals surface area contributed by atoms with E-state index in [1.807, 2.05) is 0 Å². The van der Waals surface area contributed by atoms with E-state index in [0.717, 1.165) is 0 Å². The lowest BCUT2D eigenvalue weighted by Gasteiger charge is -2.32. The lowest BCUT2D eigenvalue weighted by atomic mass is 9.84. The van der Waals surface area contributed by atoms with Crippen LogP contribution in [0.2, 0.25) is 0 Å². The van der Waals surface area contributed by atoms with Crippen molar-refractivity contribution in [1.29, 1.82) is 0 Å². The van der Waals surface area contributed by atoms with Crippen LogP contribution in [0.3, 0.4) is 0 Å². The van der Waals surface area contributed by atoms with Gasteiger partial charge in [-0.2, -0.15) is 0 Å². The van der Waals surface area contributed by atoms with Crippen LogP contribution in [0.5, 0.6) is 0 Å². The van der Waals surface area contributed by atoms with Crippen LogP contribution in [-0.2, 0) is 23.9 Å². The number of rotatable bonds is 2. The normalized spacial score (nSPS) is 40.2. The van der Waals surface area contributed by atoms with E-state index in [4.69, 9.17) is 14.6 Å². The Balaban J connectivity index is 1.92. The van der Waals surface area contributed by atoms with Gasteiger partial charge in [0.2, 0.25) is 0 Å². The summed E-state index contributed by atoms with van der Waals surface area (Å²) in [5.74, 6) is -4.85. The second kappa shape index (κ2) is 4.40. The van der Waals surface area contributed by atoms with Gasteiger partial charge in [0.25, 0.3) is 11.8 Å². The average molecular weight is 287 g/mol. The molecule has 3 fully saturated rings. The molecule has 3 saturated heterocycles. The number of carboxylic acid groups (broad SMARTS) is 1. The summed E-state index contributed by atoms with van der Waals surface area (Å²) in [7, 11) is 0. The van der Waals surface area contributed by atoms with Crippen molar-refractivity contribution in [2.75, 3.05) is 13.2 Å². The largest absolute Gasteiger partial charge is 0.531 e. The van der Waals surface area contributed by atoms with Crippen molar-refractivity contribution in [2.45, 2.75) is 24.7 Å². The second-order valence-electron chi connectivity index (χ2n) is 4.94. The molecule has 9 nitrogen and oxygen atoms in total. The Morgan fingerprint density at radius 2 is 1.85 bits per heavy atom. The fourth-order valence-electron chi connectivity index (χ4n) is 3.17. The molecular formula is C11H13NO8. The van der Waals surface area contributed by atoms with Gasteiger partial charge in [-0.1, -0.05) is 5.06 Å². The number of ether oxygens (including phenoxy) is 2. The number of hydroxylamine groups is 2. The molecule has 0 aromatic carbocycles. The van der Waals surface area contributed by atoms with Gasteiger partial charge in [-0.15, -0.1) is 0 Å². The zero-order valence-corrected chi connectivity index (χ0v) is 10.4. The molecule has 0 aliphatic carbocycles. The van der Waals surface area contributed by atoms with Crippen molar-refractivity contribution < 1.29 is 38.9 Å². The van der Waals surface area contributed by atoms with E-state index >= 15 is 0 Å². The van der Waals surface area contributed by atoms with Crippen LogP contribution in [-0.4, -0.2) is 58.4 Å². The van der Waals surface area contributed by atoms with E-state index in [-0.39, 0.29) is 11.0 Å². The highest BCUT2D eigenvalue weighted by molar-refractivity contribution is 6.06. The highest BCUT2D eigenvalue weighted by Gasteiger charge is 2.66. The number of nitrogens with zero attached hydrogens (tertiary/aromatic N) is 1. The molecule has 0 saturated carbocycles. The Morgan fingerprint density at radius 3 is 2.40 bits per heavy atom. The van der Waals surface area contributed by atoms with Crippen molar-refractivity contribution in [2.24, 2.45) is 11.8 Å². The predicted molar refractivity (Wildman–Crippen MR) is 57.8 cm³/mol. The van der Waals surface area contributed by atoms with Gasteiger partial charge in [0.1, 0.15) is 5.92 Å². The van der Waals surface area contributed by atoms with E-state index in [0.29, 0.717) is 26.1 Å². The predicted octanol–water partition coefficient (Wildman–Crippen LogP) is -0.905. The molecule has 1 unspecified atom stereocenters. The molecule has 3 rings (SSSR count). The SMILES string of the molecule is O=C(O)ON1C(=O)C(C23OCCC2CCO3)[C@@H](O)C1=O. The molecule has 0 aromatic rings. The fraction of sp³-hybridized carbons (Fsp3) is 0.727. The summed E-state index contributed by atoms with van der Waals surface area (Å²) in [6.07, 6.45) is -2.23. The van der Waals surface area contributed by atoms with E-state index in [1.165, 1.54) is 0 Å². The Morgan fingerprint density at radius 1 is 1.25 bits per heavy atom. The smallest absolute Gasteiger partial charge is 0.448 e. The zero-order valence-electron chi connectivity index (χ0n) is 10.4. The minimum Gasteiger partial charge on any atom is -0.448 e. The highest BCUT2D eigenvalue weighted by atomic mass is 16.8. The molecule has 2 N–H and O–H groups in total. The van der Waals surface area contributed by atoms with Crippen molar-refractivity contribution in [1.82, 2.24) is 5.06 Å². The molecule has 0 spiro atoms. The van der Waals surface area contributed by atoms with Crippen LogP contribution in [0.25, 0.3) is 0 Å². The van der Waals surface area contributed by atoms with Crippen LogP contribution in [0.1, 0.15) is 12.8 Å². The Labute approximate surface area is 112 Å². The number of carbonyl (C=O) groups is 3. The van der Waals surface area contributed by atoms with Gasteiger partial charge >= 0.3 is 6.16 Å². The van der Waals surface area contributed by atoms with E-state index in [2.05, 4.69) is 4.84 Å². The lowest BCUT2D eigenvalue weighted by Crippen LogP contribution is -2.49. The van der Waals surface area contributed by atoms with Crippen LogP contribution in [0.15, 0.2) is 0 Å². The highest BCUT2D eigenvalue weighted by Crippen LogP contribution is 2.49. The van der Waals surface area contributed by atoms with Gasteiger partial charge in [0.15, 0.2) is 11.9 Å². The number of imide groups is 1. The lowest BCUT2D eigenvalue weighted by molar-refractivity contribution is -0.239. The third-order valence-corrected chi connectivity index (χ3v) is 3.99. The third kappa shape index (κ3) is 1.63. The van der Waals surface area contributed by atoms with Crippen LogP contribution < -0.4 is 0 Å². The average Bonchev–Trinajstić information content (AvgIpc) is 2.98. The fourth-order valence-corrected chi connectivity index (χ4v) is 3.17. The van der Waals surface area contributed by atoms with E-state index in [9.17, 15) is 19.5 Å². The summed E-state index contributed by atoms with van der Waals surface area (Å²) >= 11 is 0. The van der Waals surface area contributed by atoms with Gasteiger partial charge < -0.3 is 19.7 Å². The van der Waals surface area contributed by atoms with E-state index < -0.39 is 35.8 Å². The molecule has 3 aliphatic rings. The Bertz CT molecular complexity index is 467. The molecule has 9 heteroatoms. The second-order valence-corrected chi connectivity index (χ2v) is 4.94. The summed E-state index contributed by atoms with van der Waals surface area (Å²) in [5.41, 5.74) is 0. The molecule has 3 aliphatic heterocycles. The molecule has 110 valence electrons. The van der Waals surface area contributed by atoms with E-state index in [1.54, 1.807) is 0 Å². The summed E-state index contributed by atoms with van der Waals surface area (Å²) in [6.45, 7) is 0.713. The molecule has 2 amide bonds. The summed E-state index contributed by atoms with van der Waals surface area (Å²) in [4.78, 5) is 38.6. The standard InChI is InChI=1S/C11H13NO8/c13-7-6(8(14)12(9(7)15)20-10(16)17)11-5(1-3-18-11)2-4-19-11/h5-7,13H,1-4H2,(H,16,17)/t5?,6?,7-,11?/m1/s1. The number of fused-ring (bicyclic) bond motifs is 1. The third-order valence-electron chi connectivity index (χ3n) is 3.99.